The summed E-state index contributed by atoms with van der Waals surface area (Å²) in [6, 6.07) is 8.82. The Morgan fingerprint density at radius 1 is 0.892 bits per heavy atom. The summed E-state index contributed by atoms with van der Waals surface area (Å²) in [6.45, 7) is 0.397. The van der Waals surface area contributed by atoms with Crippen molar-refractivity contribution in [1.29, 1.82) is 0 Å². The smallest absolute Gasteiger partial charge is 0.310 e. The van der Waals surface area contributed by atoms with Crippen LogP contribution in [0.4, 0.5) is 25.1 Å². The lowest BCUT2D eigenvalue weighted by atomic mass is 10.1. The number of rotatable bonds is 6. The average molecular weight is 560 g/mol. The summed E-state index contributed by atoms with van der Waals surface area (Å²) in [5.41, 5.74) is 2.36. The number of nitrogens with zero attached hydrogens (tertiary/aromatic N) is 4. The van der Waals surface area contributed by atoms with E-state index in [4.69, 9.17) is 0 Å². The van der Waals surface area contributed by atoms with Crippen LogP contribution in [0, 0.1) is 0 Å². The topological polar surface area (TPSA) is 79.6 Å². The minimum atomic E-state index is -9.72. The lowest BCUT2D eigenvalue weighted by Crippen LogP contribution is -2.42. The van der Waals surface area contributed by atoms with Gasteiger partial charge in [-0.2, -0.15) is 4.31 Å². The lowest BCUT2D eigenvalue weighted by molar-refractivity contribution is 0.330. The van der Waals surface area contributed by atoms with E-state index in [0.717, 1.165) is 17.7 Å². The Morgan fingerprint density at radius 3 is 2.16 bits per heavy atom. The molecule has 1 fully saturated rings. The van der Waals surface area contributed by atoms with Gasteiger partial charge in [0.05, 0.1) is 16.8 Å². The Balaban J connectivity index is 1.22. The number of fused-ring (bicyclic) bond motifs is 1. The third-order valence-electron chi connectivity index (χ3n) is 6.19. The van der Waals surface area contributed by atoms with Gasteiger partial charge < -0.3 is 9.72 Å². The standard InChI is InChI=1S/C23H22F5N5O2S2/c24-37(25,26,27,28)21-7-3-18(4-8-21)31-19-9-12-33(13-10-19)36(34,35)20-5-1-17(2-6-20)22-16-32-14-11-29-23(32)15-30-22/h1-8,11,14-16,19,31H,9-10,12-13H2. The van der Waals surface area contributed by atoms with Crippen LogP contribution >= 0.6 is 10.2 Å². The fourth-order valence-corrected chi connectivity index (χ4v) is 6.33. The van der Waals surface area contributed by atoms with E-state index in [0.29, 0.717) is 36.3 Å². The number of aromatic nitrogens is 3. The van der Waals surface area contributed by atoms with Crippen LogP contribution in [0.25, 0.3) is 16.9 Å². The molecule has 7 nitrogen and oxygen atoms in total. The van der Waals surface area contributed by atoms with Gasteiger partial charge in [0.25, 0.3) is 0 Å². The summed E-state index contributed by atoms with van der Waals surface area (Å²) in [6.07, 6.45) is 7.66. The van der Waals surface area contributed by atoms with Crippen LogP contribution in [0.1, 0.15) is 12.8 Å². The van der Waals surface area contributed by atoms with Crippen LogP contribution in [0.5, 0.6) is 0 Å². The van der Waals surface area contributed by atoms with Crippen molar-refractivity contribution in [2.45, 2.75) is 28.7 Å². The Hall–Kier alpha value is -3.23. The highest BCUT2D eigenvalue weighted by molar-refractivity contribution is 8.45. The third-order valence-corrected chi connectivity index (χ3v) is 9.27. The molecule has 2 aromatic carbocycles. The van der Waals surface area contributed by atoms with Crippen molar-refractivity contribution in [2.24, 2.45) is 0 Å². The van der Waals surface area contributed by atoms with Crippen molar-refractivity contribution in [3.05, 3.63) is 73.3 Å². The van der Waals surface area contributed by atoms with Gasteiger partial charge >= 0.3 is 10.2 Å². The fraction of sp³-hybridized carbons (Fsp3) is 0.217. The zero-order valence-electron chi connectivity index (χ0n) is 19.1. The number of piperidine rings is 1. The molecule has 198 valence electrons. The molecular formula is C23H22F5N5O2S2. The molecule has 14 heteroatoms. The first-order valence-corrected chi connectivity index (χ1v) is 14.6. The highest BCUT2D eigenvalue weighted by atomic mass is 32.5. The molecule has 0 unspecified atom stereocenters. The third kappa shape index (κ3) is 5.40. The van der Waals surface area contributed by atoms with E-state index in [2.05, 4.69) is 15.3 Å². The van der Waals surface area contributed by atoms with Gasteiger partial charge in [0.15, 0.2) is 5.65 Å². The van der Waals surface area contributed by atoms with Gasteiger partial charge in [-0.15, -0.1) is 0 Å². The molecule has 0 atom stereocenters. The number of benzene rings is 2. The predicted octanol–water partition coefficient (Wildman–Crippen LogP) is 6.32. The van der Waals surface area contributed by atoms with Gasteiger partial charge in [0, 0.05) is 49.0 Å². The van der Waals surface area contributed by atoms with E-state index in [9.17, 15) is 27.8 Å². The Kier molecular flexibility index (Phi) is 5.59. The largest absolute Gasteiger partial charge is 0.382 e. The summed E-state index contributed by atoms with van der Waals surface area (Å²) in [5.74, 6) is 0. The van der Waals surface area contributed by atoms with Crippen LogP contribution < -0.4 is 5.32 Å². The molecule has 37 heavy (non-hydrogen) atoms. The van der Waals surface area contributed by atoms with E-state index in [-0.39, 0.29) is 29.7 Å². The van der Waals surface area contributed by atoms with E-state index < -0.39 is 25.1 Å². The molecule has 1 aliphatic rings. The summed E-state index contributed by atoms with van der Waals surface area (Å²) in [5, 5.41) is 3.00. The number of hydrogen-bond acceptors (Lipinski definition) is 5. The van der Waals surface area contributed by atoms with Gasteiger partial charge in [0.1, 0.15) is 4.90 Å². The summed E-state index contributed by atoms with van der Waals surface area (Å²) in [7, 11) is -13.5. The Labute approximate surface area is 209 Å². The molecule has 2 aromatic heterocycles. The quantitative estimate of drug-likeness (QED) is 0.280. The Bertz CT molecular complexity index is 1550. The first kappa shape index (κ1) is 25.4. The second kappa shape index (κ2) is 8.13. The lowest BCUT2D eigenvalue weighted by Gasteiger charge is -2.40. The van der Waals surface area contributed by atoms with Crippen molar-refractivity contribution in [1.82, 2.24) is 18.7 Å². The number of nitrogens with one attached hydrogen (secondary N) is 1. The van der Waals surface area contributed by atoms with Crippen molar-refractivity contribution in [3.63, 3.8) is 0 Å². The van der Waals surface area contributed by atoms with Gasteiger partial charge in [-0.3, -0.25) is 4.98 Å². The van der Waals surface area contributed by atoms with Crippen LogP contribution in [-0.2, 0) is 10.0 Å². The van der Waals surface area contributed by atoms with Gasteiger partial charge in [-0.25, -0.2) is 13.4 Å². The number of halogens is 5. The highest BCUT2D eigenvalue weighted by Crippen LogP contribution is 3.02. The second-order valence-corrected chi connectivity index (χ2v) is 13.2. The second-order valence-electron chi connectivity index (χ2n) is 8.81. The van der Waals surface area contributed by atoms with Crippen molar-refractivity contribution >= 4 is 31.6 Å². The van der Waals surface area contributed by atoms with Crippen LogP contribution in [0.15, 0.2) is 83.1 Å². The van der Waals surface area contributed by atoms with Crippen LogP contribution in [0.2, 0.25) is 0 Å². The van der Waals surface area contributed by atoms with Crippen LogP contribution in [-0.4, -0.2) is 46.2 Å². The number of imidazole rings is 1. The molecule has 0 saturated carbocycles. The number of sulfonamides is 1. The van der Waals surface area contributed by atoms with E-state index >= 15 is 0 Å². The molecule has 0 radical (unpaired) electrons. The number of hydrogen-bond donors (Lipinski definition) is 1. The molecule has 1 aliphatic heterocycles. The zero-order valence-corrected chi connectivity index (χ0v) is 20.8. The first-order valence-electron chi connectivity index (χ1n) is 11.2. The van der Waals surface area contributed by atoms with Gasteiger partial charge in [-0.05, 0) is 49.2 Å². The maximum atomic E-state index is 13.1. The maximum absolute atomic E-state index is 13.1. The van der Waals surface area contributed by atoms with E-state index in [1.807, 2.05) is 4.40 Å². The minimum absolute atomic E-state index is 0.137. The summed E-state index contributed by atoms with van der Waals surface area (Å²) in [4.78, 5) is 6.69. The van der Waals surface area contributed by atoms with Crippen molar-refractivity contribution in [3.8, 4) is 11.3 Å². The summed E-state index contributed by atoms with van der Waals surface area (Å²) < 4.78 is 93.9. The normalized spacial score (nSPS) is 17.9. The predicted molar refractivity (Wildman–Crippen MR) is 132 cm³/mol. The molecule has 0 bridgehead atoms. The SMILES string of the molecule is O=S(=O)(c1ccc(-c2cn3ccnc3cn2)cc1)N1CCC(Nc2ccc(S(F)(F)(F)(F)F)cc2)CC1. The molecule has 1 N–H and O–H groups in total. The zero-order chi connectivity index (χ0) is 26.5. The summed E-state index contributed by atoms with van der Waals surface area (Å²) >= 11 is 0. The van der Waals surface area contributed by atoms with Crippen LogP contribution in [0.3, 0.4) is 0 Å². The molecule has 1 saturated heterocycles. The van der Waals surface area contributed by atoms with Gasteiger partial charge in [0.2, 0.25) is 10.0 Å². The van der Waals surface area contributed by atoms with Crippen molar-refractivity contribution < 1.29 is 27.8 Å². The molecule has 4 aromatic rings. The van der Waals surface area contributed by atoms with Crippen molar-refractivity contribution in [2.75, 3.05) is 18.4 Å². The first-order chi connectivity index (χ1) is 17.2. The monoisotopic (exact) mass is 559 g/mol. The molecule has 0 amide bonds. The average Bonchev–Trinajstić information content (AvgIpc) is 3.31. The number of anilines is 1. The molecular weight excluding hydrogens is 537 g/mol. The maximum Gasteiger partial charge on any atom is 0.310 e. The molecule has 0 aliphatic carbocycles. The molecule has 3 heterocycles. The molecule has 5 rings (SSSR count). The van der Waals surface area contributed by atoms with E-state index in [1.54, 1.807) is 36.9 Å². The van der Waals surface area contributed by atoms with Gasteiger partial charge in [-0.1, -0.05) is 31.6 Å². The van der Waals surface area contributed by atoms with E-state index in [1.165, 1.54) is 16.4 Å². The Morgan fingerprint density at radius 2 is 1.54 bits per heavy atom. The highest BCUT2D eigenvalue weighted by Gasteiger charge is 2.65. The minimum Gasteiger partial charge on any atom is -0.382 e. The fourth-order valence-electron chi connectivity index (χ4n) is 4.21. The molecule has 0 spiro atoms.